The fraction of sp³-hybridized carbons (Fsp3) is 0.0588. The summed E-state index contributed by atoms with van der Waals surface area (Å²) in [7, 11) is 0. The lowest BCUT2D eigenvalue weighted by Gasteiger charge is -2.06. The Balaban J connectivity index is 2.19. The molecule has 0 saturated heterocycles. The molecular weight excluding hydrogens is 321 g/mol. The van der Waals surface area contributed by atoms with E-state index in [-0.39, 0.29) is 16.9 Å². The topological polar surface area (TPSA) is 75.7 Å². The molecule has 0 aliphatic heterocycles. The minimum atomic E-state index is -4.43. The molecule has 0 radical (unpaired) electrons. The molecule has 0 bridgehead atoms. The van der Waals surface area contributed by atoms with Gasteiger partial charge in [0.05, 0.1) is 16.8 Å². The third-order valence-corrected chi connectivity index (χ3v) is 3.09. The Labute approximate surface area is 135 Å². The molecule has 2 rings (SSSR count). The molecule has 0 amide bonds. The molecule has 124 valence electrons. The van der Waals surface area contributed by atoms with Gasteiger partial charge in [0.2, 0.25) is 0 Å². The number of aliphatic imine (C=N–C) groups is 1. The van der Waals surface area contributed by atoms with Gasteiger partial charge in [-0.3, -0.25) is 4.99 Å². The van der Waals surface area contributed by atoms with E-state index in [1.165, 1.54) is 36.6 Å². The van der Waals surface area contributed by atoms with Gasteiger partial charge in [-0.15, -0.1) is 0 Å². The van der Waals surface area contributed by atoms with Crippen LogP contribution in [0.4, 0.5) is 18.9 Å². The Kier molecular flexibility index (Phi) is 5.03. The standard InChI is InChI=1S/C17H13F3N2O2/c18-17(19,20)13-5-2-6-14(10-13)22-8-7-15(21)11-3-1-4-12(9-11)16(23)24/h1-10H,21H2,(H,23,24). The van der Waals surface area contributed by atoms with Crippen LogP contribution in [-0.4, -0.2) is 17.3 Å². The number of carboxylic acid groups (broad SMARTS) is 1. The number of hydrogen-bond acceptors (Lipinski definition) is 3. The monoisotopic (exact) mass is 334 g/mol. The van der Waals surface area contributed by atoms with Crippen molar-refractivity contribution in [3.05, 3.63) is 71.3 Å². The predicted molar refractivity (Wildman–Crippen MR) is 85.2 cm³/mol. The van der Waals surface area contributed by atoms with Gasteiger partial charge < -0.3 is 10.8 Å². The fourth-order valence-electron chi connectivity index (χ4n) is 1.89. The Morgan fingerprint density at radius 1 is 1.08 bits per heavy atom. The van der Waals surface area contributed by atoms with E-state index in [0.29, 0.717) is 5.56 Å². The summed E-state index contributed by atoms with van der Waals surface area (Å²) in [5.41, 5.74) is 5.97. The maximum absolute atomic E-state index is 12.6. The normalized spacial score (nSPS) is 12.5. The van der Waals surface area contributed by atoms with Gasteiger partial charge in [-0.05, 0) is 42.0 Å². The van der Waals surface area contributed by atoms with Crippen LogP contribution < -0.4 is 5.73 Å². The number of benzene rings is 2. The number of carboxylic acids is 1. The molecule has 7 heteroatoms. The molecule has 0 aliphatic rings. The molecular formula is C17H13F3N2O2. The molecule has 4 nitrogen and oxygen atoms in total. The smallest absolute Gasteiger partial charge is 0.416 e. The molecule has 24 heavy (non-hydrogen) atoms. The summed E-state index contributed by atoms with van der Waals surface area (Å²) in [5.74, 6) is -1.08. The highest BCUT2D eigenvalue weighted by Gasteiger charge is 2.30. The van der Waals surface area contributed by atoms with Crippen molar-refractivity contribution in [2.75, 3.05) is 0 Å². The Morgan fingerprint density at radius 2 is 1.75 bits per heavy atom. The summed E-state index contributed by atoms with van der Waals surface area (Å²) in [6.07, 6.45) is -1.78. The van der Waals surface area contributed by atoms with E-state index in [0.717, 1.165) is 12.1 Å². The van der Waals surface area contributed by atoms with Crippen LogP contribution in [0, 0.1) is 0 Å². The summed E-state index contributed by atoms with van der Waals surface area (Å²) >= 11 is 0. The Hall–Kier alpha value is -3.09. The van der Waals surface area contributed by atoms with Crippen LogP contribution in [0.3, 0.4) is 0 Å². The number of halogens is 3. The van der Waals surface area contributed by atoms with Crippen molar-refractivity contribution in [3.63, 3.8) is 0 Å². The van der Waals surface area contributed by atoms with E-state index in [4.69, 9.17) is 10.8 Å². The first-order chi connectivity index (χ1) is 11.3. The van der Waals surface area contributed by atoms with Crippen molar-refractivity contribution in [1.82, 2.24) is 0 Å². The Bertz CT molecular complexity index is 811. The summed E-state index contributed by atoms with van der Waals surface area (Å²) < 4.78 is 37.8. The minimum absolute atomic E-state index is 0.0821. The number of rotatable bonds is 4. The highest BCUT2D eigenvalue weighted by molar-refractivity contribution is 5.90. The molecule has 0 unspecified atom stereocenters. The molecule has 2 aromatic carbocycles. The van der Waals surface area contributed by atoms with Gasteiger partial charge in [0.25, 0.3) is 0 Å². The zero-order valence-electron chi connectivity index (χ0n) is 12.3. The number of aromatic carboxylic acids is 1. The first kappa shape index (κ1) is 17.3. The van der Waals surface area contributed by atoms with E-state index in [2.05, 4.69) is 4.99 Å². The van der Waals surface area contributed by atoms with E-state index in [1.54, 1.807) is 12.1 Å². The Morgan fingerprint density at radius 3 is 2.42 bits per heavy atom. The summed E-state index contributed by atoms with van der Waals surface area (Å²) in [6, 6.07) is 10.6. The molecule has 0 spiro atoms. The minimum Gasteiger partial charge on any atom is -0.478 e. The molecule has 3 N–H and O–H groups in total. The molecule has 0 fully saturated rings. The molecule has 0 atom stereocenters. The van der Waals surface area contributed by atoms with Crippen LogP contribution in [0.5, 0.6) is 0 Å². The molecule has 0 saturated carbocycles. The number of allylic oxidation sites excluding steroid dienone is 1. The quantitative estimate of drug-likeness (QED) is 0.826. The van der Waals surface area contributed by atoms with E-state index in [1.807, 2.05) is 0 Å². The van der Waals surface area contributed by atoms with E-state index in [9.17, 15) is 18.0 Å². The number of nitrogens with zero attached hydrogens (tertiary/aromatic N) is 1. The first-order valence-electron chi connectivity index (χ1n) is 6.78. The second-order valence-electron chi connectivity index (χ2n) is 4.83. The van der Waals surface area contributed by atoms with Crippen molar-refractivity contribution in [2.45, 2.75) is 6.18 Å². The molecule has 0 aliphatic carbocycles. The summed E-state index contributed by atoms with van der Waals surface area (Å²) in [4.78, 5) is 14.8. The fourth-order valence-corrected chi connectivity index (χ4v) is 1.89. The second kappa shape index (κ2) is 6.99. The van der Waals surface area contributed by atoms with Crippen LogP contribution in [0.15, 0.2) is 59.6 Å². The van der Waals surface area contributed by atoms with Crippen LogP contribution in [0.2, 0.25) is 0 Å². The van der Waals surface area contributed by atoms with Crippen LogP contribution in [0.1, 0.15) is 21.5 Å². The molecule has 2 aromatic rings. The van der Waals surface area contributed by atoms with Gasteiger partial charge in [-0.25, -0.2) is 4.79 Å². The van der Waals surface area contributed by atoms with E-state index < -0.39 is 17.7 Å². The highest BCUT2D eigenvalue weighted by Crippen LogP contribution is 2.31. The lowest BCUT2D eigenvalue weighted by Crippen LogP contribution is -2.03. The maximum atomic E-state index is 12.6. The van der Waals surface area contributed by atoms with Gasteiger partial charge in [-0.1, -0.05) is 18.2 Å². The molecule has 0 heterocycles. The second-order valence-corrected chi connectivity index (χ2v) is 4.83. The van der Waals surface area contributed by atoms with Gasteiger partial charge in [0.1, 0.15) is 0 Å². The zero-order chi connectivity index (χ0) is 17.7. The van der Waals surface area contributed by atoms with Gasteiger partial charge in [-0.2, -0.15) is 13.2 Å². The third kappa shape index (κ3) is 4.45. The average molecular weight is 334 g/mol. The van der Waals surface area contributed by atoms with Crippen LogP contribution >= 0.6 is 0 Å². The number of alkyl halides is 3. The van der Waals surface area contributed by atoms with Gasteiger partial charge >= 0.3 is 12.1 Å². The van der Waals surface area contributed by atoms with Crippen molar-refractivity contribution in [1.29, 1.82) is 0 Å². The zero-order valence-corrected chi connectivity index (χ0v) is 12.3. The first-order valence-corrected chi connectivity index (χ1v) is 6.78. The number of carbonyl (C=O) groups is 1. The van der Waals surface area contributed by atoms with Crippen molar-refractivity contribution in [3.8, 4) is 0 Å². The SMILES string of the molecule is NC(=CC=Nc1cccc(C(F)(F)F)c1)c1cccc(C(=O)O)c1. The van der Waals surface area contributed by atoms with Crippen molar-refractivity contribution < 1.29 is 23.1 Å². The van der Waals surface area contributed by atoms with Crippen LogP contribution in [-0.2, 0) is 6.18 Å². The van der Waals surface area contributed by atoms with Gasteiger partial charge in [0, 0.05) is 11.9 Å². The average Bonchev–Trinajstić information content (AvgIpc) is 2.54. The van der Waals surface area contributed by atoms with Crippen molar-refractivity contribution in [2.24, 2.45) is 10.7 Å². The highest BCUT2D eigenvalue weighted by atomic mass is 19.4. The number of hydrogen-bond donors (Lipinski definition) is 2. The summed E-state index contributed by atoms with van der Waals surface area (Å²) in [5, 5.41) is 8.93. The number of nitrogens with two attached hydrogens (primary N) is 1. The lowest BCUT2D eigenvalue weighted by molar-refractivity contribution is -0.137. The molecule has 0 aromatic heterocycles. The van der Waals surface area contributed by atoms with E-state index >= 15 is 0 Å². The van der Waals surface area contributed by atoms with Crippen molar-refractivity contribution >= 4 is 23.6 Å². The van der Waals surface area contributed by atoms with Crippen LogP contribution in [0.25, 0.3) is 5.70 Å². The largest absolute Gasteiger partial charge is 0.478 e. The third-order valence-electron chi connectivity index (χ3n) is 3.09. The van der Waals surface area contributed by atoms with Gasteiger partial charge in [0.15, 0.2) is 0 Å². The lowest BCUT2D eigenvalue weighted by atomic mass is 10.1. The maximum Gasteiger partial charge on any atom is 0.416 e. The summed E-state index contributed by atoms with van der Waals surface area (Å²) in [6.45, 7) is 0. The predicted octanol–water partition coefficient (Wildman–Crippen LogP) is 4.11.